The minimum absolute atomic E-state index is 0.165. The third-order valence-corrected chi connectivity index (χ3v) is 7.62. The van der Waals surface area contributed by atoms with Gasteiger partial charge in [0.1, 0.15) is 23.7 Å². The first-order valence-electron chi connectivity index (χ1n) is 13.1. The van der Waals surface area contributed by atoms with Crippen molar-refractivity contribution in [2.45, 2.75) is 51.2 Å². The van der Waals surface area contributed by atoms with Gasteiger partial charge in [-0.15, -0.1) is 0 Å². The zero-order valence-corrected chi connectivity index (χ0v) is 21.0. The highest BCUT2D eigenvalue weighted by Crippen LogP contribution is 2.43. The van der Waals surface area contributed by atoms with Crippen LogP contribution in [0.25, 0.3) is 22.2 Å². The normalized spacial score (nSPS) is 16.4. The molecule has 0 amide bonds. The molecule has 0 unspecified atom stereocenters. The van der Waals surface area contributed by atoms with Crippen LogP contribution in [-0.4, -0.2) is 23.9 Å². The summed E-state index contributed by atoms with van der Waals surface area (Å²) in [7, 11) is 0. The smallest absolute Gasteiger partial charge is 0.123 e. The van der Waals surface area contributed by atoms with E-state index in [1.165, 1.54) is 18.6 Å². The third-order valence-electron chi connectivity index (χ3n) is 7.62. The molecule has 1 saturated carbocycles. The van der Waals surface area contributed by atoms with Crippen molar-refractivity contribution in [1.29, 1.82) is 5.26 Å². The summed E-state index contributed by atoms with van der Waals surface area (Å²) in [6.45, 7) is 3.36. The van der Waals surface area contributed by atoms with E-state index in [1.54, 1.807) is 6.07 Å². The summed E-state index contributed by atoms with van der Waals surface area (Å²) in [5.74, 6) is 0.607. The van der Waals surface area contributed by atoms with Crippen molar-refractivity contribution < 1.29 is 13.9 Å². The van der Waals surface area contributed by atoms with Gasteiger partial charge in [-0.25, -0.2) is 4.39 Å². The molecule has 6 rings (SSSR count). The Labute approximate surface area is 216 Å². The number of ether oxygens (including phenoxy) is 2. The van der Waals surface area contributed by atoms with Crippen molar-refractivity contribution >= 4 is 22.3 Å². The highest BCUT2D eigenvalue weighted by Gasteiger charge is 2.28. The van der Waals surface area contributed by atoms with E-state index >= 15 is 0 Å². The molecule has 3 aromatic carbocycles. The maximum Gasteiger partial charge on any atom is 0.123 e. The summed E-state index contributed by atoms with van der Waals surface area (Å²) in [4.78, 5) is 0. The van der Waals surface area contributed by atoms with Crippen LogP contribution in [0.2, 0.25) is 0 Å². The summed E-state index contributed by atoms with van der Waals surface area (Å²) in [6, 6.07) is 21.9. The standard InChI is InChI=1S/C31H30FN3O2/c1-20-17-22(32)7-12-29(20)34-23-8-5-21(6-9-23)31-28(19-33)27-11-10-26(37-25-13-15-36-16-14-25)18-30(27)35(31)24-3-2-4-24/h5-12,17-18,24-25,34H,2-4,13-16H2,1H3. The van der Waals surface area contributed by atoms with Crippen molar-refractivity contribution in [2.24, 2.45) is 0 Å². The van der Waals surface area contributed by atoms with Gasteiger partial charge in [0.05, 0.1) is 30.0 Å². The molecule has 1 aliphatic carbocycles. The van der Waals surface area contributed by atoms with Crippen molar-refractivity contribution in [3.8, 4) is 23.1 Å². The van der Waals surface area contributed by atoms with E-state index in [-0.39, 0.29) is 11.9 Å². The van der Waals surface area contributed by atoms with Crippen molar-refractivity contribution in [3.63, 3.8) is 0 Å². The Kier molecular flexibility index (Phi) is 6.31. The number of fused-ring (bicyclic) bond motifs is 1. The van der Waals surface area contributed by atoms with Gasteiger partial charge in [-0.1, -0.05) is 12.1 Å². The molecular formula is C31H30FN3O2. The van der Waals surface area contributed by atoms with Crippen molar-refractivity contribution in [3.05, 3.63) is 77.6 Å². The lowest BCUT2D eigenvalue weighted by Gasteiger charge is -2.30. The lowest BCUT2D eigenvalue weighted by molar-refractivity contribution is 0.0256. The maximum atomic E-state index is 13.5. The fourth-order valence-electron chi connectivity index (χ4n) is 5.41. The minimum atomic E-state index is -0.243. The molecule has 37 heavy (non-hydrogen) atoms. The molecule has 6 heteroatoms. The van der Waals surface area contributed by atoms with Crippen LogP contribution in [0.3, 0.4) is 0 Å². The summed E-state index contributed by atoms with van der Waals surface area (Å²) < 4.78 is 27.7. The Morgan fingerprint density at radius 2 is 1.78 bits per heavy atom. The van der Waals surface area contributed by atoms with E-state index in [9.17, 15) is 9.65 Å². The number of hydrogen-bond donors (Lipinski definition) is 1. The van der Waals surface area contributed by atoms with Crippen LogP contribution >= 0.6 is 0 Å². The predicted molar refractivity (Wildman–Crippen MR) is 144 cm³/mol. The first-order valence-corrected chi connectivity index (χ1v) is 13.1. The second-order valence-electron chi connectivity index (χ2n) is 10.1. The van der Waals surface area contributed by atoms with Crippen LogP contribution in [0.15, 0.2) is 60.7 Å². The van der Waals surface area contributed by atoms with Gasteiger partial charge in [0, 0.05) is 41.7 Å². The highest BCUT2D eigenvalue weighted by atomic mass is 19.1. The Morgan fingerprint density at radius 1 is 1.00 bits per heavy atom. The van der Waals surface area contributed by atoms with Crippen LogP contribution in [-0.2, 0) is 4.74 Å². The quantitative estimate of drug-likeness (QED) is 0.298. The van der Waals surface area contributed by atoms with Crippen LogP contribution in [0, 0.1) is 24.1 Å². The number of anilines is 2. The van der Waals surface area contributed by atoms with Crippen LogP contribution in [0.1, 0.15) is 49.3 Å². The molecular weight excluding hydrogens is 465 g/mol. The molecule has 188 valence electrons. The van der Waals surface area contributed by atoms with Gasteiger partial charge in [0.25, 0.3) is 0 Å². The molecule has 2 heterocycles. The number of halogens is 1. The van der Waals surface area contributed by atoms with Gasteiger partial charge in [0.2, 0.25) is 0 Å². The maximum absolute atomic E-state index is 13.5. The van der Waals surface area contributed by atoms with Gasteiger partial charge in [-0.2, -0.15) is 5.26 Å². The number of benzene rings is 3. The number of aryl methyl sites for hydroxylation is 1. The van der Waals surface area contributed by atoms with Gasteiger partial charge in [0.15, 0.2) is 0 Å². The van der Waals surface area contributed by atoms with E-state index in [4.69, 9.17) is 9.47 Å². The molecule has 5 nitrogen and oxygen atoms in total. The predicted octanol–water partition coefficient (Wildman–Crippen LogP) is 7.65. The molecule has 1 aliphatic heterocycles. The monoisotopic (exact) mass is 495 g/mol. The van der Waals surface area contributed by atoms with Crippen molar-refractivity contribution in [2.75, 3.05) is 18.5 Å². The number of rotatable bonds is 6. The molecule has 0 atom stereocenters. The van der Waals surface area contributed by atoms with Crippen LogP contribution < -0.4 is 10.1 Å². The first kappa shape index (κ1) is 23.6. The van der Waals surface area contributed by atoms with Crippen molar-refractivity contribution in [1.82, 2.24) is 4.57 Å². The van der Waals surface area contributed by atoms with E-state index < -0.39 is 0 Å². The Morgan fingerprint density at radius 3 is 2.46 bits per heavy atom. The van der Waals surface area contributed by atoms with Crippen LogP contribution in [0.4, 0.5) is 15.8 Å². The number of hydrogen-bond acceptors (Lipinski definition) is 4. The average molecular weight is 496 g/mol. The average Bonchev–Trinajstić information content (AvgIpc) is 3.19. The second kappa shape index (κ2) is 9.91. The highest BCUT2D eigenvalue weighted by molar-refractivity contribution is 5.95. The summed E-state index contributed by atoms with van der Waals surface area (Å²) in [6.07, 6.45) is 5.37. The van der Waals surface area contributed by atoms with E-state index in [1.807, 2.05) is 31.2 Å². The SMILES string of the molecule is Cc1cc(F)ccc1Nc1ccc(-c2c(C#N)c3ccc(OC4CCOCC4)cc3n2C2CCC2)cc1. The number of nitrogens with one attached hydrogen (secondary N) is 1. The van der Waals surface area contributed by atoms with E-state index in [0.29, 0.717) is 11.6 Å². The minimum Gasteiger partial charge on any atom is -0.490 e. The van der Waals surface area contributed by atoms with Gasteiger partial charge < -0.3 is 19.4 Å². The Hall–Kier alpha value is -3.82. The van der Waals surface area contributed by atoms with Gasteiger partial charge in [-0.05, 0) is 79.8 Å². The molecule has 1 N–H and O–H groups in total. The summed E-state index contributed by atoms with van der Waals surface area (Å²) in [5, 5.41) is 14.6. The molecule has 2 fully saturated rings. The Bertz CT molecular complexity index is 1480. The molecule has 0 bridgehead atoms. The second-order valence-corrected chi connectivity index (χ2v) is 10.1. The largest absolute Gasteiger partial charge is 0.490 e. The zero-order valence-electron chi connectivity index (χ0n) is 21.0. The molecule has 2 aliphatic rings. The van der Waals surface area contributed by atoms with Gasteiger partial charge in [-0.3, -0.25) is 0 Å². The first-order chi connectivity index (χ1) is 18.1. The van der Waals surface area contributed by atoms with E-state index in [0.717, 1.165) is 83.7 Å². The van der Waals surface area contributed by atoms with E-state index in [2.05, 4.69) is 34.2 Å². The topological polar surface area (TPSA) is 59.2 Å². The molecule has 4 aromatic rings. The molecule has 0 radical (unpaired) electrons. The number of nitrogens with zero attached hydrogens (tertiary/aromatic N) is 2. The summed E-state index contributed by atoms with van der Waals surface area (Å²) >= 11 is 0. The zero-order chi connectivity index (χ0) is 25.4. The fraction of sp³-hybridized carbons (Fsp3) is 0.323. The number of nitriles is 1. The fourth-order valence-corrected chi connectivity index (χ4v) is 5.41. The van der Waals surface area contributed by atoms with Gasteiger partial charge >= 0.3 is 0 Å². The molecule has 0 spiro atoms. The Balaban J connectivity index is 1.37. The van der Waals surface area contributed by atoms with Crippen LogP contribution in [0.5, 0.6) is 5.75 Å². The third kappa shape index (κ3) is 4.56. The number of aromatic nitrogens is 1. The summed E-state index contributed by atoms with van der Waals surface area (Å²) in [5.41, 5.74) is 6.37. The molecule has 1 saturated heterocycles. The molecule has 1 aromatic heterocycles. The lowest BCUT2D eigenvalue weighted by atomic mass is 9.92. The lowest BCUT2D eigenvalue weighted by Crippen LogP contribution is -2.25.